The van der Waals surface area contributed by atoms with Gasteiger partial charge in [-0.1, -0.05) is 74.1 Å². The van der Waals surface area contributed by atoms with Crippen molar-refractivity contribution in [3.8, 4) is 22.5 Å². The highest BCUT2D eigenvalue weighted by molar-refractivity contribution is 7.78. The molecule has 0 aliphatic heterocycles. The number of nitrogens with zero attached hydrogens (tertiary/aromatic N) is 6. The van der Waals surface area contributed by atoms with Gasteiger partial charge in [-0.15, -0.1) is 10.2 Å². The van der Waals surface area contributed by atoms with E-state index in [1.165, 1.54) is 5.56 Å². The smallest absolute Gasteiger partial charge is 0.205 e. The third kappa shape index (κ3) is 4.33. The van der Waals surface area contributed by atoms with Gasteiger partial charge in [-0.2, -0.15) is 10.3 Å². The summed E-state index contributed by atoms with van der Waals surface area (Å²) in [7, 11) is 0. The normalized spacial score (nSPS) is 12.0. The first kappa shape index (κ1) is 20.0. The monoisotopic (exact) mass is 417 g/mol. The first-order valence-corrected chi connectivity index (χ1v) is 10.5. The predicted molar refractivity (Wildman–Crippen MR) is 120 cm³/mol. The topological polar surface area (TPSA) is 85.2 Å². The summed E-state index contributed by atoms with van der Waals surface area (Å²) in [5, 5.41) is 20.7. The number of nitrogens with one attached hydrogen (secondary N) is 1. The summed E-state index contributed by atoms with van der Waals surface area (Å²) in [5.41, 5.74) is 4.28. The molecule has 1 atom stereocenters. The van der Waals surface area contributed by atoms with Gasteiger partial charge in [-0.05, 0) is 40.1 Å². The van der Waals surface area contributed by atoms with Crippen molar-refractivity contribution in [2.45, 2.75) is 38.6 Å². The Morgan fingerprint density at radius 2 is 1.90 bits per heavy atom. The summed E-state index contributed by atoms with van der Waals surface area (Å²) in [5.74, 6) is 1.91. The van der Waals surface area contributed by atoms with Crippen LogP contribution in [0.5, 0.6) is 0 Å². The number of hydrogen-bond donors (Lipinski definition) is 1. The van der Waals surface area contributed by atoms with Gasteiger partial charge >= 0.3 is 0 Å². The molecule has 2 aromatic carbocycles. The van der Waals surface area contributed by atoms with Crippen molar-refractivity contribution in [3.05, 3.63) is 66.2 Å². The molecule has 0 aliphatic rings. The first-order valence-electron chi connectivity index (χ1n) is 10.0. The maximum Gasteiger partial charge on any atom is 0.205 e. The number of rotatable bonds is 9. The highest BCUT2D eigenvalue weighted by Gasteiger charge is 2.17. The third-order valence-electron chi connectivity index (χ3n) is 5.14. The lowest BCUT2D eigenvalue weighted by Crippen LogP contribution is -2.12. The molecule has 8 heteroatoms. The fraction of sp³-hybridized carbons (Fsp3) is 0.273. The Bertz CT molecular complexity index is 1090. The van der Waals surface area contributed by atoms with E-state index in [-0.39, 0.29) is 0 Å². The van der Waals surface area contributed by atoms with Gasteiger partial charge in [0, 0.05) is 11.5 Å². The number of aromatic nitrogens is 7. The predicted octanol–water partition coefficient (Wildman–Crippen LogP) is 4.45. The SMILES string of the molecule is CCCC(CC=S)c1ncnn1Cc1ccc(-c2ccccc2-c2nn[nH]n2)cc1. The van der Waals surface area contributed by atoms with Gasteiger partial charge in [-0.3, -0.25) is 0 Å². The lowest BCUT2D eigenvalue weighted by Gasteiger charge is -2.15. The maximum absolute atomic E-state index is 5.09. The van der Waals surface area contributed by atoms with Crippen molar-refractivity contribution in [3.63, 3.8) is 0 Å². The van der Waals surface area contributed by atoms with E-state index in [1.54, 1.807) is 11.7 Å². The number of tetrazole rings is 1. The van der Waals surface area contributed by atoms with Gasteiger partial charge in [0.15, 0.2) is 0 Å². The van der Waals surface area contributed by atoms with Crippen molar-refractivity contribution >= 4 is 17.6 Å². The molecule has 2 aromatic heterocycles. The lowest BCUT2D eigenvalue weighted by atomic mass is 9.98. The fourth-order valence-electron chi connectivity index (χ4n) is 3.70. The molecular formula is C22H23N7S. The number of H-pyrrole nitrogens is 1. The van der Waals surface area contributed by atoms with Crippen LogP contribution in [0.15, 0.2) is 54.9 Å². The summed E-state index contributed by atoms with van der Waals surface area (Å²) < 4.78 is 1.99. The Morgan fingerprint density at radius 1 is 1.10 bits per heavy atom. The average Bonchev–Trinajstić information content (AvgIpc) is 3.47. The quantitative estimate of drug-likeness (QED) is 0.405. The second-order valence-electron chi connectivity index (χ2n) is 7.14. The summed E-state index contributed by atoms with van der Waals surface area (Å²) >= 11 is 5.09. The number of benzene rings is 2. The molecule has 0 fully saturated rings. The van der Waals surface area contributed by atoms with E-state index in [4.69, 9.17) is 12.2 Å². The molecule has 0 aliphatic carbocycles. The highest BCUT2D eigenvalue weighted by atomic mass is 32.1. The van der Waals surface area contributed by atoms with E-state index >= 15 is 0 Å². The molecule has 4 rings (SSSR count). The van der Waals surface area contributed by atoms with Crippen molar-refractivity contribution in [2.75, 3.05) is 0 Å². The zero-order valence-electron chi connectivity index (χ0n) is 16.8. The Labute approximate surface area is 180 Å². The van der Waals surface area contributed by atoms with Gasteiger partial charge < -0.3 is 0 Å². The Kier molecular flexibility index (Phi) is 6.34. The zero-order chi connectivity index (χ0) is 20.8. The molecule has 0 spiro atoms. The molecule has 152 valence electrons. The van der Waals surface area contributed by atoms with Gasteiger partial charge in [-0.25, -0.2) is 9.67 Å². The molecule has 7 nitrogen and oxygen atoms in total. The first-order chi connectivity index (χ1) is 14.8. The molecule has 1 N–H and O–H groups in total. The number of aromatic amines is 1. The fourth-order valence-corrected chi connectivity index (χ4v) is 3.93. The van der Waals surface area contributed by atoms with E-state index in [9.17, 15) is 0 Å². The van der Waals surface area contributed by atoms with Gasteiger partial charge in [0.1, 0.15) is 12.2 Å². The van der Waals surface area contributed by atoms with E-state index in [0.717, 1.165) is 41.8 Å². The van der Waals surface area contributed by atoms with Crippen LogP contribution in [0.4, 0.5) is 0 Å². The largest absolute Gasteiger partial charge is 0.245 e. The lowest BCUT2D eigenvalue weighted by molar-refractivity contribution is 0.541. The van der Waals surface area contributed by atoms with E-state index < -0.39 is 0 Å². The summed E-state index contributed by atoms with van der Waals surface area (Å²) in [4.78, 5) is 4.52. The van der Waals surface area contributed by atoms with E-state index in [1.807, 2.05) is 22.9 Å². The molecule has 0 radical (unpaired) electrons. The van der Waals surface area contributed by atoms with Crippen LogP contribution in [-0.4, -0.2) is 40.8 Å². The Morgan fingerprint density at radius 3 is 2.60 bits per heavy atom. The zero-order valence-corrected chi connectivity index (χ0v) is 17.6. The molecule has 0 amide bonds. The van der Waals surface area contributed by atoms with Crippen LogP contribution in [0.2, 0.25) is 0 Å². The van der Waals surface area contributed by atoms with E-state index in [2.05, 4.69) is 68.0 Å². The van der Waals surface area contributed by atoms with Crippen molar-refractivity contribution in [1.82, 2.24) is 35.4 Å². The van der Waals surface area contributed by atoms with Crippen LogP contribution < -0.4 is 0 Å². The summed E-state index contributed by atoms with van der Waals surface area (Å²) in [6.07, 6.45) is 4.62. The minimum absolute atomic E-state index is 0.316. The van der Waals surface area contributed by atoms with Crippen LogP contribution in [0.3, 0.4) is 0 Å². The Hall–Kier alpha value is -3.26. The van der Waals surface area contributed by atoms with Crippen LogP contribution in [0.25, 0.3) is 22.5 Å². The third-order valence-corrected chi connectivity index (χ3v) is 5.33. The van der Waals surface area contributed by atoms with Gasteiger partial charge in [0.2, 0.25) is 5.82 Å². The van der Waals surface area contributed by atoms with Crippen molar-refractivity contribution in [1.29, 1.82) is 0 Å². The Balaban J connectivity index is 1.57. The second-order valence-corrected chi connectivity index (χ2v) is 7.48. The average molecular weight is 418 g/mol. The van der Waals surface area contributed by atoms with Gasteiger partial charge in [0.05, 0.1) is 6.54 Å². The minimum atomic E-state index is 0.316. The highest BCUT2D eigenvalue weighted by Crippen LogP contribution is 2.30. The second kappa shape index (κ2) is 9.49. The van der Waals surface area contributed by atoms with Crippen LogP contribution in [0.1, 0.15) is 43.5 Å². The van der Waals surface area contributed by atoms with Crippen LogP contribution in [-0.2, 0) is 6.54 Å². The van der Waals surface area contributed by atoms with Crippen molar-refractivity contribution in [2.24, 2.45) is 0 Å². The molecule has 4 aromatic rings. The summed E-state index contributed by atoms with van der Waals surface area (Å²) in [6, 6.07) is 16.5. The molecule has 0 bridgehead atoms. The number of hydrogen-bond acceptors (Lipinski definition) is 6. The molecule has 30 heavy (non-hydrogen) atoms. The molecule has 0 saturated heterocycles. The van der Waals surface area contributed by atoms with Gasteiger partial charge in [0.25, 0.3) is 0 Å². The maximum atomic E-state index is 5.09. The van der Waals surface area contributed by atoms with Crippen LogP contribution in [0, 0.1) is 0 Å². The summed E-state index contributed by atoms with van der Waals surface area (Å²) in [6.45, 7) is 2.86. The molecule has 1 unspecified atom stereocenters. The van der Waals surface area contributed by atoms with Crippen LogP contribution >= 0.6 is 12.2 Å². The van der Waals surface area contributed by atoms with E-state index in [0.29, 0.717) is 18.3 Å². The molecule has 0 saturated carbocycles. The standard InChI is InChI=1S/C22H23N7S/c1-2-5-18(12-13-30)22-23-15-24-29(22)14-16-8-10-17(11-9-16)19-6-3-4-7-20(19)21-25-27-28-26-21/h3-4,6-11,13,15,18H,2,5,12,14H2,1H3,(H,25,26,27,28). The number of thiocarbonyl (C=S) groups is 1. The minimum Gasteiger partial charge on any atom is -0.245 e. The van der Waals surface area contributed by atoms with Crippen molar-refractivity contribution < 1.29 is 0 Å². The molecule has 2 heterocycles. The molecular weight excluding hydrogens is 394 g/mol.